The van der Waals surface area contributed by atoms with Gasteiger partial charge in [0.25, 0.3) is 0 Å². The fourth-order valence-corrected chi connectivity index (χ4v) is 1.59. The van der Waals surface area contributed by atoms with Gasteiger partial charge in [-0.2, -0.15) is 0 Å². The first kappa shape index (κ1) is 11.9. The van der Waals surface area contributed by atoms with Crippen LogP contribution in [0.4, 0.5) is 10.1 Å². The van der Waals surface area contributed by atoms with Crippen molar-refractivity contribution in [1.82, 2.24) is 10.2 Å². The molecule has 0 spiro atoms. The summed E-state index contributed by atoms with van der Waals surface area (Å²) in [6.07, 6.45) is 0. The minimum atomic E-state index is -0.433. The summed E-state index contributed by atoms with van der Waals surface area (Å²) in [5.74, 6) is 0.591. The van der Waals surface area contributed by atoms with Gasteiger partial charge in [-0.15, -0.1) is 10.2 Å². The Labute approximate surface area is 103 Å². The third-order valence-corrected chi connectivity index (χ3v) is 2.57. The zero-order valence-corrected chi connectivity index (χ0v) is 10.2. The van der Waals surface area contributed by atoms with E-state index in [9.17, 15) is 4.39 Å². The second-order valence-corrected chi connectivity index (χ2v) is 4.08. The Balaban J connectivity index is 2.14. The Hall–Kier alpha value is -1.62. The lowest BCUT2D eigenvalue weighted by molar-refractivity contribution is 0.466. The summed E-state index contributed by atoms with van der Waals surface area (Å²) in [5.41, 5.74) is 0.784. The van der Waals surface area contributed by atoms with Crippen molar-refractivity contribution < 1.29 is 8.81 Å². The van der Waals surface area contributed by atoms with Gasteiger partial charge in [0.2, 0.25) is 11.8 Å². The van der Waals surface area contributed by atoms with Gasteiger partial charge in [0.15, 0.2) is 0 Å². The first-order valence-corrected chi connectivity index (χ1v) is 5.39. The van der Waals surface area contributed by atoms with Crippen LogP contribution in [0.15, 0.2) is 22.6 Å². The van der Waals surface area contributed by atoms with Crippen molar-refractivity contribution in [2.75, 3.05) is 11.9 Å². The highest BCUT2D eigenvalue weighted by molar-refractivity contribution is 6.31. The number of aryl methyl sites for hydroxylation is 1. The van der Waals surface area contributed by atoms with Crippen LogP contribution >= 0.6 is 11.6 Å². The Kier molecular flexibility index (Phi) is 3.28. The molecule has 0 aliphatic heterocycles. The zero-order chi connectivity index (χ0) is 12.4. The maximum atomic E-state index is 13.0. The minimum absolute atomic E-state index is 0.0936. The minimum Gasteiger partial charge on any atom is -0.424 e. The van der Waals surface area contributed by atoms with Crippen molar-refractivity contribution in [2.24, 2.45) is 0 Å². The Morgan fingerprint density at radius 2 is 2.18 bits per heavy atom. The maximum absolute atomic E-state index is 13.0. The summed E-state index contributed by atoms with van der Waals surface area (Å²) in [5, 5.41) is 7.72. The number of benzene rings is 1. The topological polar surface area (TPSA) is 42.2 Å². The SMILES string of the molecule is Cc1nnc(CN(C)c2ccc(F)c(Cl)c2)o1. The van der Waals surface area contributed by atoms with E-state index in [2.05, 4.69) is 10.2 Å². The van der Waals surface area contributed by atoms with Crippen molar-refractivity contribution in [1.29, 1.82) is 0 Å². The third-order valence-electron chi connectivity index (χ3n) is 2.28. The Morgan fingerprint density at radius 1 is 1.41 bits per heavy atom. The zero-order valence-electron chi connectivity index (χ0n) is 9.44. The van der Waals surface area contributed by atoms with Crippen LogP contribution in [-0.2, 0) is 6.54 Å². The lowest BCUT2D eigenvalue weighted by atomic mass is 10.3. The molecular weight excluding hydrogens is 245 g/mol. The number of hydrogen-bond donors (Lipinski definition) is 0. The molecule has 1 heterocycles. The first-order chi connectivity index (χ1) is 8.06. The van der Waals surface area contributed by atoms with Crippen molar-refractivity contribution in [3.8, 4) is 0 Å². The quantitative estimate of drug-likeness (QED) is 0.846. The molecule has 0 amide bonds. The molecule has 90 valence electrons. The smallest absolute Gasteiger partial charge is 0.235 e. The van der Waals surface area contributed by atoms with Crippen LogP contribution in [0.3, 0.4) is 0 Å². The van der Waals surface area contributed by atoms with Gasteiger partial charge in [-0.1, -0.05) is 11.6 Å². The molecule has 0 bridgehead atoms. The normalized spacial score (nSPS) is 10.6. The van der Waals surface area contributed by atoms with Crippen LogP contribution < -0.4 is 4.90 Å². The molecule has 2 aromatic rings. The van der Waals surface area contributed by atoms with Gasteiger partial charge in [0, 0.05) is 19.7 Å². The number of rotatable bonds is 3. The van der Waals surface area contributed by atoms with Crippen molar-refractivity contribution in [3.05, 3.63) is 40.8 Å². The van der Waals surface area contributed by atoms with Crippen molar-refractivity contribution in [2.45, 2.75) is 13.5 Å². The van der Waals surface area contributed by atoms with E-state index in [4.69, 9.17) is 16.0 Å². The monoisotopic (exact) mass is 255 g/mol. The van der Waals surface area contributed by atoms with E-state index in [0.717, 1.165) is 5.69 Å². The van der Waals surface area contributed by atoms with Crippen LogP contribution in [0.5, 0.6) is 0 Å². The van der Waals surface area contributed by atoms with E-state index in [1.165, 1.54) is 6.07 Å². The van der Waals surface area contributed by atoms with Crippen LogP contribution in [0, 0.1) is 12.7 Å². The molecule has 1 aromatic carbocycles. The standard InChI is InChI=1S/C11H11ClFN3O/c1-7-14-15-11(17-7)6-16(2)8-3-4-10(13)9(12)5-8/h3-5H,6H2,1-2H3. The molecule has 0 radical (unpaired) electrons. The lowest BCUT2D eigenvalue weighted by Crippen LogP contribution is -2.16. The molecule has 1 aromatic heterocycles. The van der Waals surface area contributed by atoms with Crippen molar-refractivity contribution in [3.63, 3.8) is 0 Å². The molecule has 4 nitrogen and oxygen atoms in total. The predicted molar refractivity (Wildman–Crippen MR) is 62.6 cm³/mol. The highest BCUT2D eigenvalue weighted by Crippen LogP contribution is 2.22. The summed E-state index contributed by atoms with van der Waals surface area (Å²) in [6.45, 7) is 2.17. The van der Waals surface area contributed by atoms with Crippen LogP contribution in [0.1, 0.15) is 11.8 Å². The number of nitrogens with zero attached hydrogens (tertiary/aromatic N) is 3. The molecule has 2 rings (SSSR count). The number of anilines is 1. The van der Waals surface area contributed by atoms with Gasteiger partial charge in [-0.05, 0) is 18.2 Å². The molecule has 0 saturated carbocycles. The van der Waals surface area contributed by atoms with Gasteiger partial charge < -0.3 is 9.32 Å². The molecule has 0 unspecified atom stereocenters. The van der Waals surface area contributed by atoms with E-state index < -0.39 is 5.82 Å². The molecule has 0 aliphatic carbocycles. The van der Waals surface area contributed by atoms with Crippen LogP contribution in [-0.4, -0.2) is 17.2 Å². The van der Waals surface area contributed by atoms with E-state index in [1.807, 2.05) is 11.9 Å². The molecule has 0 atom stereocenters. The molecule has 0 aliphatic rings. The fraction of sp³-hybridized carbons (Fsp3) is 0.273. The van der Waals surface area contributed by atoms with Gasteiger partial charge >= 0.3 is 0 Å². The maximum Gasteiger partial charge on any atom is 0.235 e. The number of halogens is 2. The van der Waals surface area contributed by atoms with Crippen LogP contribution in [0.2, 0.25) is 5.02 Å². The van der Waals surface area contributed by atoms with Gasteiger partial charge in [0.05, 0.1) is 11.6 Å². The summed E-state index contributed by atoms with van der Waals surface area (Å²) in [7, 11) is 1.84. The molecule has 6 heteroatoms. The highest BCUT2D eigenvalue weighted by Gasteiger charge is 2.09. The first-order valence-electron chi connectivity index (χ1n) is 5.01. The van der Waals surface area contributed by atoms with E-state index in [0.29, 0.717) is 18.3 Å². The second-order valence-electron chi connectivity index (χ2n) is 3.67. The average molecular weight is 256 g/mol. The van der Waals surface area contributed by atoms with E-state index in [-0.39, 0.29) is 5.02 Å². The highest BCUT2D eigenvalue weighted by atomic mass is 35.5. The largest absolute Gasteiger partial charge is 0.424 e. The second kappa shape index (κ2) is 4.71. The summed E-state index contributed by atoms with van der Waals surface area (Å²) < 4.78 is 18.3. The van der Waals surface area contributed by atoms with Gasteiger partial charge in [-0.25, -0.2) is 4.39 Å². The van der Waals surface area contributed by atoms with Crippen LogP contribution in [0.25, 0.3) is 0 Å². The third kappa shape index (κ3) is 2.74. The lowest BCUT2D eigenvalue weighted by Gasteiger charge is -2.17. The Morgan fingerprint density at radius 3 is 2.76 bits per heavy atom. The number of aromatic nitrogens is 2. The number of hydrogen-bond acceptors (Lipinski definition) is 4. The summed E-state index contributed by atoms with van der Waals surface area (Å²) in [4.78, 5) is 1.85. The predicted octanol–water partition coefficient (Wildman–Crippen LogP) is 2.81. The Bertz CT molecular complexity index is 529. The van der Waals surface area contributed by atoms with E-state index >= 15 is 0 Å². The van der Waals surface area contributed by atoms with Gasteiger partial charge in [-0.3, -0.25) is 0 Å². The molecule has 0 saturated heterocycles. The molecule has 17 heavy (non-hydrogen) atoms. The summed E-state index contributed by atoms with van der Waals surface area (Å²) in [6, 6.07) is 4.53. The van der Waals surface area contributed by atoms with E-state index in [1.54, 1.807) is 19.1 Å². The van der Waals surface area contributed by atoms with Gasteiger partial charge in [0.1, 0.15) is 5.82 Å². The average Bonchev–Trinajstić information content (AvgIpc) is 2.68. The molecule has 0 N–H and O–H groups in total. The fourth-order valence-electron chi connectivity index (χ4n) is 1.42. The molecular formula is C11H11ClFN3O. The van der Waals surface area contributed by atoms with Crippen molar-refractivity contribution >= 4 is 17.3 Å². The summed E-state index contributed by atoms with van der Waals surface area (Å²) >= 11 is 5.71. The molecule has 0 fully saturated rings.